The SMILES string of the molecule is C=C(c1ccccc1)c1cc(C(=O)OCC)no1. The minimum Gasteiger partial charge on any atom is -0.461 e. The summed E-state index contributed by atoms with van der Waals surface area (Å²) in [6, 6.07) is 11.1. The Morgan fingerprint density at radius 1 is 1.39 bits per heavy atom. The lowest BCUT2D eigenvalue weighted by molar-refractivity contribution is 0.0514. The van der Waals surface area contributed by atoms with Crippen LogP contribution in [0.1, 0.15) is 28.7 Å². The second-order valence-electron chi connectivity index (χ2n) is 3.64. The molecule has 0 unspecified atom stereocenters. The highest BCUT2D eigenvalue weighted by Crippen LogP contribution is 2.22. The molecule has 0 N–H and O–H groups in total. The first-order valence-corrected chi connectivity index (χ1v) is 5.61. The molecule has 0 amide bonds. The molecule has 0 radical (unpaired) electrons. The number of aromatic nitrogens is 1. The van der Waals surface area contributed by atoms with E-state index in [0.29, 0.717) is 17.9 Å². The molecule has 0 aliphatic heterocycles. The standard InChI is InChI=1S/C14H13NO3/c1-3-17-14(16)12-9-13(18-15-12)10(2)11-7-5-4-6-8-11/h4-9H,2-3H2,1H3. The monoisotopic (exact) mass is 243 g/mol. The minimum absolute atomic E-state index is 0.156. The molecule has 0 saturated heterocycles. The molecule has 18 heavy (non-hydrogen) atoms. The van der Waals surface area contributed by atoms with Gasteiger partial charge < -0.3 is 9.26 Å². The Bertz CT molecular complexity index is 557. The number of esters is 1. The van der Waals surface area contributed by atoms with Gasteiger partial charge >= 0.3 is 5.97 Å². The van der Waals surface area contributed by atoms with E-state index < -0.39 is 5.97 Å². The lowest BCUT2D eigenvalue weighted by Crippen LogP contribution is -2.04. The summed E-state index contributed by atoms with van der Waals surface area (Å²) in [7, 11) is 0. The fourth-order valence-corrected chi connectivity index (χ4v) is 1.50. The van der Waals surface area contributed by atoms with E-state index in [1.165, 1.54) is 6.07 Å². The first-order chi connectivity index (χ1) is 8.72. The summed E-state index contributed by atoms with van der Waals surface area (Å²) in [6.07, 6.45) is 0. The molecule has 2 rings (SSSR count). The van der Waals surface area contributed by atoms with Crippen LogP contribution in [0, 0.1) is 0 Å². The topological polar surface area (TPSA) is 52.3 Å². The fourth-order valence-electron chi connectivity index (χ4n) is 1.50. The molecule has 1 aromatic carbocycles. The van der Waals surface area contributed by atoms with Crippen molar-refractivity contribution in [2.24, 2.45) is 0 Å². The molecule has 0 fully saturated rings. The van der Waals surface area contributed by atoms with Crippen molar-refractivity contribution < 1.29 is 14.1 Å². The number of carbonyl (C=O) groups excluding carboxylic acids is 1. The van der Waals surface area contributed by atoms with Gasteiger partial charge in [0.05, 0.1) is 6.61 Å². The van der Waals surface area contributed by atoms with E-state index in [1.807, 2.05) is 30.3 Å². The van der Waals surface area contributed by atoms with Gasteiger partial charge in [-0.3, -0.25) is 0 Å². The molecule has 0 atom stereocenters. The smallest absolute Gasteiger partial charge is 0.360 e. The second-order valence-corrected chi connectivity index (χ2v) is 3.64. The maximum absolute atomic E-state index is 11.4. The molecule has 0 spiro atoms. The molecule has 1 heterocycles. The van der Waals surface area contributed by atoms with Crippen molar-refractivity contribution in [3.63, 3.8) is 0 Å². The van der Waals surface area contributed by atoms with E-state index in [-0.39, 0.29) is 5.69 Å². The number of hydrogen-bond acceptors (Lipinski definition) is 4. The Hall–Kier alpha value is -2.36. The third-order valence-electron chi connectivity index (χ3n) is 2.41. The van der Waals surface area contributed by atoms with Crippen LogP contribution in [0.5, 0.6) is 0 Å². The molecular formula is C14H13NO3. The fraction of sp³-hybridized carbons (Fsp3) is 0.143. The molecule has 0 bridgehead atoms. The summed E-state index contributed by atoms with van der Waals surface area (Å²) in [5.41, 5.74) is 1.76. The number of nitrogens with zero attached hydrogens (tertiary/aromatic N) is 1. The number of ether oxygens (including phenoxy) is 1. The van der Waals surface area contributed by atoms with Crippen LogP contribution in [0.25, 0.3) is 5.57 Å². The average Bonchev–Trinajstić information content (AvgIpc) is 2.89. The molecule has 4 heteroatoms. The minimum atomic E-state index is -0.492. The van der Waals surface area contributed by atoms with Crippen molar-refractivity contribution >= 4 is 11.5 Å². The van der Waals surface area contributed by atoms with Gasteiger partial charge in [-0.15, -0.1) is 0 Å². The quantitative estimate of drug-likeness (QED) is 0.775. The summed E-state index contributed by atoms with van der Waals surface area (Å²) in [6.45, 7) is 5.97. The lowest BCUT2D eigenvalue weighted by Gasteiger charge is -1.99. The third kappa shape index (κ3) is 2.48. The van der Waals surface area contributed by atoms with E-state index in [9.17, 15) is 4.79 Å². The summed E-state index contributed by atoms with van der Waals surface area (Å²) < 4.78 is 9.93. The Morgan fingerprint density at radius 2 is 2.11 bits per heavy atom. The first kappa shape index (κ1) is 12.1. The van der Waals surface area contributed by atoms with Crippen LogP contribution in [0.15, 0.2) is 47.5 Å². The summed E-state index contributed by atoms with van der Waals surface area (Å²) in [4.78, 5) is 11.4. The Kier molecular flexibility index (Phi) is 3.57. The summed E-state index contributed by atoms with van der Waals surface area (Å²) in [5.74, 6) is -0.0300. The predicted molar refractivity (Wildman–Crippen MR) is 67.0 cm³/mol. The summed E-state index contributed by atoms with van der Waals surface area (Å²) >= 11 is 0. The van der Waals surface area contributed by atoms with Crippen LogP contribution in [0.3, 0.4) is 0 Å². The number of carbonyl (C=O) groups is 1. The van der Waals surface area contributed by atoms with Crippen molar-refractivity contribution in [2.75, 3.05) is 6.61 Å². The van der Waals surface area contributed by atoms with Gasteiger partial charge in [0.15, 0.2) is 11.5 Å². The maximum atomic E-state index is 11.4. The Morgan fingerprint density at radius 3 is 2.78 bits per heavy atom. The highest BCUT2D eigenvalue weighted by molar-refractivity contribution is 5.88. The van der Waals surface area contributed by atoms with Crippen LogP contribution in [-0.4, -0.2) is 17.7 Å². The van der Waals surface area contributed by atoms with Crippen LogP contribution in [0.2, 0.25) is 0 Å². The van der Waals surface area contributed by atoms with Crippen molar-refractivity contribution in [3.05, 3.63) is 60.0 Å². The molecule has 1 aromatic heterocycles. The van der Waals surface area contributed by atoms with Crippen LogP contribution in [0.4, 0.5) is 0 Å². The van der Waals surface area contributed by atoms with Crippen molar-refractivity contribution in [1.29, 1.82) is 0 Å². The zero-order valence-corrected chi connectivity index (χ0v) is 10.1. The van der Waals surface area contributed by atoms with Crippen LogP contribution in [-0.2, 0) is 4.74 Å². The average molecular weight is 243 g/mol. The van der Waals surface area contributed by atoms with E-state index in [0.717, 1.165) is 5.56 Å². The van der Waals surface area contributed by atoms with E-state index >= 15 is 0 Å². The van der Waals surface area contributed by atoms with Gasteiger partial charge in [-0.2, -0.15) is 0 Å². The summed E-state index contributed by atoms with van der Waals surface area (Å²) in [5, 5.41) is 3.67. The van der Waals surface area contributed by atoms with Gasteiger partial charge in [-0.1, -0.05) is 42.1 Å². The molecule has 4 nitrogen and oxygen atoms in total. The maximum Gasteiger partial charge on any atom is 0.360 e. The van der Waals surface area contributed by atoms with Crippen LogP contribution < -0.4 is 0 Å². The molecule has 92 valence electrons. The van der Waals surface area contributed by atoms with Gasteiger partial charge in [-0.05, 0) is 12.5 Å². The zero-order valence-electron chi connectivity index (χ0n) is 10.1. The van der Waals surface area contributed by atoms with Gasteiger partial charge in [0.1, 0.15) is 0 Å². The molecule has 0 aliphatic carbocycles. The molecule has 2 aromatic rings. The normalized spacial score (nSPS) is 10.1. The number of benzene rings is 1. The van der Waals surface area contributed by atoms with Gasteiger partial charge in [0, 0.05) is 11.6 Å². The van der Waals surface area contributed by atoms with Gasteiger partial charge in [0.2, 0.25) is 0 Å². The zero-order chi connectivity index (χ0) is 13.0. The predicted octanol–water partition coefficient (Wildman–Crippen LogP) is 2.91. The Balaban J connectivity index is 2.20. The van der Waals surface area contributed by atoms with E-state index in [4.69, 9.17) is 9.26 Å². The highest BCUT2D eigenvalue weighted by atomic mass is 16.5. The van der Waals surface area contributed by atoms with Gasteiger partial charge in [-0.25, -0.2) is 4.79 Å². The number of rotatable bonds is 4. The van der Waals surface area contributed by atoms with E-state index in [1.54, 1.807) is 6.92 Å². The lowest BCUT2D eigenvalue weighted by atomic mass is 10.1. The van der Waals surface area contributed by atoms with Gasteiger partial charge in [0.25, 0.3) is 0 Å². The van der Waals surface area contributed by atoms with Crippen molar-refractivity contribution in [2.45, 2.75) is 6.92 Å². The molecule has 0 saturated carbocycles. The third-order valence-corrected chi connectivity index (χ3v) is 2.41. The Labute approximate surface area is 105 Å². The molecular weight excluding hydrogens is 230 g/mol. The highest BCUT2D eigenvalue weighted by Gasteiger charge is 2.15. The number of hydrogen-bond donors (Lipinski definition) is 0. The second kappa shape index (κ2) is 5.31. The largest absolute Gasteiger partial charge is 0.461 e. The van der Waals surface area contributed by atoms with Crippen LogP contribution >= 0.6 is 0 Å². The first-order valence-electron chi connectivity index (χ1n) is 5.61. The molecule has 0 aliphatic rings. The van der Waals surface area contributed by atoms with Crippen molar-refractivity contribution in [1.82, 2.24) is 5.16 Å². The van der Waals surface area contributed by atoms with E-state index in [2.05, 4.69) is 11.7 Å². The van der Waals surface area contributed by atoms with Crippen molar-refractivity contribution in [3.8, 4) is 0 Å².